The molecule has 0 fully saturated rings. The second-order valence-corrected chi connectivity index (χ2v) is 6.18. The van der Waals surface area contributed by atoms with Crippen molar-refractivity contribution in [1.29, 1.82) is 0 Å². The molecule has 0 unspecified atom stereocenters. The summed E-state index contributed by atoms with van der Waals surface area (Å²) >= 11 is 0. The first-order chi connectivity index (χ1) is 12.3. The van der Waals surface area contributed by atoms with E-state index in [1.54, 1.807) is 0 Å². The molecule has 2 heterocycles. The van der Waals surface area contributed by atoms with Gasteiger partial charge >= 0.3 is 0 Å². The molecule has 4 rings (SSSR count). The molecular weight excluding hydrogens is 308 g/mol. The van der Waals surface area contributed by atoms with Crippen LogP contribution in [0.5, 0.6) is 0 Å². The number of para-hydroxylation sites is 2. The maximum absolute atomic E-state index is 6.04. The average Bonchev–Trinajstić information content (AvgIpc) is 2.69. The maximum atomic E-state index is 6.04. The summed E-state index contributed by atoms with van der Waals surface area (Å²) in [4.78, 5) is 9.73. The number of benzene rings is 2. The van der Waals surface area contributed by atoms with Crippen LogP contribution in [0.15, 0.2) is 72.8 Å². The van der Waals surface area contributed by atoms with Gasteiger partial charge in [0.2, 0.25) is 0 Å². The highest BCUT2D eigenvalue weighted by atomic mass is 15.3. The number of hydrogen-bond donors (Lipinski definition) is 2. The number of fused-ring (bicyclic) bond motifs is 2. The van der Waals surface area contributed by atoms with Crippen molar-refractivity contribution in [1.82, 2.24) is 15.4 Å². The summed E-state index contributed by atoms with van der Waals surface area (Å²) in [6.07, 6.45) is 0.736. The van der Waals surface area contributed by atoms with Crippen molar-refractivity contribution in [2.75, 3.05) is 0 Å². The number of hydrogen-bond acceptors (Lipinski definition) is 4. The fraction of sp³-hybridized carbons (Fsp3) is 0.143. The molecule has 0 saturated heterocycles. The van der Waals surface area contributed by atoms with Crippen LogP contribution >= 0.6 is 0 Å². The van der Waals surface area contributed by atoms with E-state index in [4.69, 9.17) is 15.8 Å². The van der Waals surface area contributed by atoms with Gasteiger partial charge in [-0.25, -0.2) is 5.43 Å². The summed E-state index contributed by atoms with van der Waals surface area (Å²) in [5.41, 5.74) is 6.02. The lowest BCUT2D eigenvalue weighted by Crippen LogP contribution is -2.48. The van der Waals surface area contributed by atoms with Crippen LogP contribution in [0.3, 0.4) is 0 Å². The average molecular weight is 328 g/mol. The van der Waals surface area contributed by atoms with Crippen molar-refractivity contribution < 1.29 is 0 Å². The molecule has 0 amide bonds. The van der Waals surface area contributed by atoms with Crippen molar-refractivity contribution in [3.63, 3.8) is 0 Å². The molecule has 2 aromatic carbocycles. The number of pyridine rings is 2. The Morgan fingerprint density at radius 3 is 1.68 bits per heavy atom. The third-order valence-corrected chi connectivity index (χ3v) is 4.85. The smallest absolute Gasteiger partial charge is 0.116 e. The van der Waals surface area contributed by atoms with E-state index < -0.39 is 5.54 Å². The third kappa shape index (κ3) is 2.56. The maximum Gasteiger partial charge on any atom is 0.116 e. The number of rotatable bonds is 4. The molecule has 4 heteroatoms. The Labute approximate surface area is 146 Å². The first-order valence-corrected chi connectivity index (χ1v) is 8.47. The number of nitrogens with one attached hydrogen (secondary N) is 1. The zero-order valence-corrected chi connectivity index (χ0v) is 14.1. The molecule has 0 radical (unpaired) electrons. The van der Waals surface area contributed by atoms with E-state index in [0.29, 0.717) is 0 Å². The topological polar surface area (TPSA) is 63.8 Å². The Morgan fingerprint density at radius 2 is 1.24 bits per heavy atom. The SMILES string of the molecule is CCC(NN)(c1ccc2ccccc2n1)c1ccc2ccccc2n1. The molecule has 0 aliphatic heterocycles. The largest absolute Gasteiger partial charge is 0.270 e. The zero-order chi connectivity index (χ0) is 17.3. The minimum Gasteiger partial charge on any atom is -0.270 e. The molecule has 0 aliphatic rings. The van der Waals surface area contributed by atoms with Crippen LogP contribution < -0.4 is 11.3 Å². The van der Waals surface area contributed by atoms with E-state index in [1.165, 1.54) is 0 Å². The highest BCUT2D eigenvalue weighted by Gasteiger charge is 2.34. The summed E-state index contributed by atoms with van der Waals surface area (Å²) in [6.45, 7) is 2.09. The standard InChI is InChI=1S/C21H20N4/c1-2-21(25-22,19-13-11-15-7-3-5-9-17(15)23-19)20-14-12-16-8-4-6-10-18(16)24-20/h3-14,25H,2,22H2,1H3. The minimum absolute atomic E-state index is 0.631. The van der Waals surface area contributed by atoms with Gasteiger partial charge in [0.05, 0.1) is 22.4 Å². The predicted molar refractivity (Wildman–Crippen MR) is 102 cm³/mol. The quantitative estimate of drug-likeness (QED) is 0.440. The van der Waals surface area contributed by atoms with Gasteiger partial charge in [-0.15, -0.1) is 0 Å². The summed E-state index contributed by atoms with van der Waals surface area (Å²) in [5, 5.41) is 2.22. The van der Waals surface area contributed by atoms with Gasteiger partial charge in [0, 0.05) is 10.8 Å². The number of hydrazine groups is 1. The molecule has 0 spiro atoms. The summed E-state index contributed by atoms with van der Waals surface area (Å²) in [7, 11) is 0. The van der Waals surface area contributed by atoms with Gasteiger partial charge in [-0.05, 0) is 30.7 Å². The van der Waals surface area contributed by atoms with Crippen LogP contribution in [0, 0.1) is 0 Å². The van der Waals surface area contributed by atoms with Gasteiger partial charge in [-0.3, -0.25) is 15.8 Å². The van der Waals surface area contributed by atoms with E-state index in [0.717, 1.165) is 39.6 Å². The third-order valence-electron chi connectivity index (χ3n) is 4.85. The van der Waals surface area contributed by atoms with Gasteiger partial charge < -0.3 is 0 Å². The number of nitrogens with zero attached hydrogens (tertiary/aromatic N) is 2. The molecule has 0 atom stereocenters. The summed E-state index contributed by atoms with van der Waals surface area (Å²) in [5.74, 6) is 6.04. The van der Waals surface area contributed by atoms with Crippen LogP contribution in [0.1, 0.15) is 24.7 Å². The lowest BCUT2D eigenvalue weighted by atomic mass is 9.87. The van der Waals surface area contributed by atoms with Crippen molar-refractivity contribution in [3.05, 3.63) is 84.2 Å². The molecule has 4 aromatic rings. The van der Waals surface area contributed by atoms with E-state index in [-0.39, 0.29) is 0 Å². The van der Waals surface area contributed by atoms with Crippen molar-refractivity contribution in [2.45, 2.75) is 18.9 Å². The molecule has 3 N–H and O–H groups in total. The highest BCUT2D eigenvalue weighted by Crippen LogP contribution is 2.32. The Hall–Kier alpha value is -2.82. The summed E-state index contributed by atoms with van der Waals surface area (Å²) in [6, 6.07) is 24.4. The second kappa shape index (κ2) is 6.24. The minimum atomic E-state index is -0.631. The first-order valence-electron chi connectivity index (χ1n) is 8.47. The molecule has 25 heavy (non-hydrogen) atoms. The molecule has 2 aromatic heterocycles. The van der Waals surface area contributed by atoms with Crippen LogP contribution in [-0.4, -0.2) is 9.97 Å². The van der Waals surface area contributed by atoms with Gasteiger partial charge in [0.1, 0.15) is 5.54 Å². The van der Waals surface area contributed by atoms with Crippen molar-refractivity contribution >= 4 is 21.8 Å². The highest BCUT2D eigenvalue weighted by molar-refractivity contribution is 5.80. The van der Waals surface area contributed by atoms with Gasteiger partial charge in [-0.1, -0.05) is 55.5 Å². The van der Waals surface area contributed by atoms with Gasteiger partial charge in [0.25, 0.3) is 0 Å². The molecule has 0 bridgehead atoms. The molecule has 4 nitrogen and oxygen atoms in total. The number of nitrogens with two attached hydrogens (primary N) is 1. The normalized spacial score (nSPS) is 11.9. The second-order valence-electron chi connectivity index (χ2n) is 6.18. The molecular formula is C21H20N4. The van der Waals surface area contributed by atoms with Crippen LogP contribution in [0.2, 0.25) is 0 Å². The zero-order valence-electron chi connectivity index (χ0n) is 14.1. The predicted octanol–water partition coefficient (Wildman–Crippen LogP) is 3.90. The number of aromatic nitrogens is 2. The van der Waals surface area contributed by atoms with Crippen LogP contribution in [-0.2, 0) is 5.54 Å². The Bertz CT molecular complexity index is 957. The fourth-order valence-corrected chi connectivity index (χ4v) is 3.35. The van der Waals surface area contributed by atoms with E-state index in [1.807, 2.05) is 48.5 Å². The molecule has 0 aliphatic carbocycles. The van der Waals surface area contributed by atoms with Gasteiger partial charge in [-0.2, -0.15) is 0 Å². The summed E-state index contributed by atoms with van der Waals surface area (Å²) < 4.78 is 0. The molecule has 124 valence electrons. The van der Waals surface area contributed by atoms with Crippen LogP contribution in [0.4, 0.5) is 0 Å². The Morgan fingerprint density at radius 1 is 0.760 bits per heavy atom. The van der Waals surface area contributed by atoms with E-state index >= 15 is 0 Å². The van der Waals surface area contributed by atoms with Crippen LogP contribution in [0.25, 0.3) is 21.8 Å². The molecule has 0 saturated carbocycles. The van der Waals surface area contributed by atoms with Gasteiger partial charge in [0.15, 0.2) is 0 Å². The van der Waals surface area contributed by atoms with E-state index in [9.17, 15) is 0 Å². The lowest BCUT2D eigenvalue weighted by Gasteiger charge is -2.31. The van der Waals surface area contributed by atoms with Crippen molar-refractivity contribution in [3.8, 4) is 0 Å². The fourth-order valence-electron chi connectivity index (χ4n) is 3.35. The first kappa shape index (κ1) is 15.7. The van der Waals surface area contributed by atoms with Crippen molar-refractivity contribution in [2.24, 2.45) is 5.84 Å². The monoisotopic (exact) mass is 328 g/mol. The Kier molecular flexibility index (Phi) is 3.92. The van der Waals surface area contributed by atoms with E-state index in [2.05, 4.69) is 36.6 Å². The lowest BCUT2D eigenvalue weighted by molar-refractivity contribution is 0.377. The Balaban J connectivity index is 1.92.